The molecule has 0 fully saturated rings. The number of ether oxygens (including phenoxy) is 4. The van der Waals surface area contributed by atoms with Gasteiger partial charge in [0.2, 0.25) is 0 Å². The maximum Gasteiger partial charge on any atom is 0.306 e. The molecule has 0 amide bonds. The van der Waals surface area contributed by atoms with Crippen molar-refractivity contribution < 1.29 is 42.9 Å². The number of allylic oxidation sites excluding steroid dienone is 22. The first-order valence-electron chi connectivity index (χ1n) is 44.8. The van der Waals surface area contributed by atoms with E-state index in [1.807, 2.05) is 21.1 Å². The fourth-order valence-corrected chi connectivity index (χ4v) is 12.9. The summed E-state index contributed by atoms with van der Waals surface area (Å²) in [6.45, 7) is 4.66. The van der Waals surface area contributed by atoms with Crippen molar-refractivity contribution in [2.24, 2.45) is 0 Å². The predicted octanol–water partition coefficient (Wildman–Crippen LogP) is 28.2. The van der Waals surface area contributed by atoms with Crippen LogP contribution in [0.4, 0.5) is 0 Å². The van der Waals surface area contributed by atoms with Crippen LogP contribution >= 0.6 is 0 Å². The zero-order valence-corrected chi connectivity index (χ0v) is 70.0. The number of carbonyl (C=O) groups is 3. The standard InChI is InChI=1S/C97H169NO8/c1-6-8-10-12-14-16-18-20-22-24-26-28-30-32-34-36-38-40-42-44-46-48-50-52-54-56-58-60-62-64-66-68-70-72-74-76-78-80-82-84-86-88-95(100)106-93(92-105-97(96(101)102)103-90-89-98(3,4)5)91-104-94(99)87-85-83-81-79-77-75-73-71-69-67-65-63-61-59-57-55-53-51-49-47-45-43-41-39-37-35-33-31-29-27-25-23-21-19-17-15-13-11-9-7-2/h8,10,14,16,20,22,26,28,32,34,38,40,44,46,50,52,56,58,62,64,68,70,93,97H,6-7,9,11-13,15,17-19,21,23-25,27,29-31,33,35-37,39,41-43,45,47-49,51,53-55,57,59-61,63,65-67,69,71-92H2,1-5H3/b10-8-,16-14-,22-20-,28-26-,34-32-,40-38-,46-44-,52-50-,58-56-,64-62-,70-68-. The molecular weight excluding hydrogens is 1310 g/mol. The van der Waals surface area contributed by atoms with E-state index in [0.717, 1.165) is 116 Å². The van der Waals surface area contributed by atoms with Crippen LogP contribution < -0.4 is 5.11 Å². The maximum absolute atomic E-state index is 13.0. The zero-order valence-electron chi connectivity index (χ0n) is 70.0. The van der Waals surface area contributed by atoms with Crippen molar-refractivity contribution in [1.29, 1.82) is 0 Å². The van der Waals surface area contributed by atoms with Gasteiger partial charge in [0.05, 0.1) is 40.3 Å². The Morgan fingerprint density at radius 3 is 0.802 bits per heavy atom. The molecule has 0 aromatic carbocycles. The highest BCUT2D eigenvalue weighted by molar-refractivity contribution is 5.70. The number of carbonyl (C=O) groups excluding carboxylic acids is 3. The summed E-state index contributed by atoms with van der Waals surface area (Å²) in [4.78, 5) is 37.7. The van der Waals surface area contributed by atoms with Crippen LogP contribution in [0.2, 0.25) is 0 Å². The average Bonchev–Trinajstić information content (AvgIpc) is 0.935. The molecule has 0 aliphatic carbocycles. The van der Waals surface area contributed by atoms with Crippen molar-refractivity contribution in [3.05, 3.63) is 134 Å². The average molecular weight is 1480 g/mol. The lowest BCUT2D eigenvalue weighted by atomic mass is 10.0. The molecule has 106 heavy (non-hydrogen) atoms. The Morgan fingerprint density at radius 2 is 0.538 bits per heavy atom. The smallest absolute Gasteiger partial charge is 0.306 e. The number of carboxylic acids is 1. The van der Waals surface area contributed by atoms with Crippen LogP contribution in [0.1, 0.15) is 406 Å². The SMILES string of the molecule is CC/C=C\C/C=C\C/C=C\C/C=C\C/C=C\C/C=C\C/C=C\C/C=C\C/C=C\C/C=C\C/C=C\CCCCCCCCCC(=O)OC(COC(=O)CCCCCCCCCCCCCCCCCCCCCCCCCCCCCCCCCCCCCCCCCC)COC(OCC[N+](C)(C)C)C(=O)[O-]. The lowest BCUT2D eigenvalue weighted by Gasteiger charge is -2.26. The second-order valence-corrected chi connectivity index (χ2v) is 31.2. The Kier molecular flexibility index (Phi) is 82.3. The van der Waals surface area contributed by atoms with Gasteiger partial charge in [0, 0.05) is 12.8 Å². The Bertz CT molecular complexity index is 2220. The molecule has 0 saturated carbocycles. The lowest BCUT2D eigenvalue weighted by molar-refractivity contribution is -0.870. The molecule has 0 bridgehead atoms. The Morgan fingerprint density at radius 1 is 0.292 bits per heavy atom. The lowest BCUT2D eigenvalue weighted by Crippen LogP contribution is -2.44. The van der Waals surface area contributed by atoms with Gasteiger partial charge in [-0.3, -0.25) is 9.59 Å². The number of esters is 2. The summed E-state index contributed by atoms with van der Waals surface area (Å²) in [5, 5.41) is 11.9. The normalized spacial score (nSPS) is 13.3. The van der Waals surface area contributed by atoms with Crippen LogP contribution in [0, 0.1) is 0 Å². The van der Waals surface area contributed by atoms with E-state index >= 15 is 0 Å². The monoisotopic (exact) mass is 1480 g/mol. The van der Waals surface area contributed by atoms with Crippen molar-refractivity contribution in [2.45, 2.75) is 418 Å². The molecule has 0 saturated heterocycles. The number of carboxylic acid groups (broad SMARTS) is 1. The van der Waals surface area contributed by atoms with Crippen LogP contribution in [0.3, 0.4) is 0 Å². The first-order chi connectivity index (χ1) is 52.1. The van der Waals surface area contributed by atoms with Crippen LogP contribution in [0.5, 0.6) is 0 Å². The first-order valence-corrected chi connectivity index (χ1v) is 44.8. The molecule has 0 N–H and O–H groups in total. The van der Waals surface area contributed by atoms with Gasteiger partial charge in [-0.15, -0.1) is 0 Å². The number of nitrogens with zero attached hydrogens (tertiary/aromatic N) is 1. The molecule has 0 aliphatic heterocycles. The third-order valence-corrected chi connectivity index (χ3v) is 19.7. The highest BCUT2D eigenvalue weighted by Gasteiger charge is 2.22. The number of hydrogen-bond acceptors (Lipinski definition) is 8. The molecule has 610 valence electrons. The molecule has 0 rings (SSSR count). The zero-order chi connectivity index (χ0) is 76.7. The Hall–Kier alpha value is -4.57. The van der Waals surface area contributed by atoms with Gasteiger partial charge >= 0.3 is 11.9 Å². The quantitative estimate of drug-likeness (QED) is 0.0195. The molecule has 0 aromatic rings. The molecule has 9 heteroatoms. The van der Waals surface area contributed by atoms with E-state index in [1.54, 1.807) is 0 Å². The fraction of sp³-hybridized carbons (Fsp3) is 0.742. The van der Waals surface area contributed by atoms with Crippen molar-refractivity contribution in [3.63, 3.8) is 0 Å². The van der Waals surface area contributed by atoms with Gasteiger partial charge in [-0.2, -0.15) is 0 Å². The van der Waals surface area contributed by atoms with Crippen LogP contribution in [-0.2, 0) is 33.3 Å². The molecule has 2 atom stereocenters. The van der Waals surface area contributed by atoms with Gasteiger partial charge in [0.15, 0.2) is 12.4 Å². The molecule has 0 aliphatic rings. The van der Waals surface area contributed by atoms with Crippen LogP contribution in [0.15, 0.2) is 134 Å². The topological polar surface area (TPSA) is 111 Å². The Balaban J connectivity index is 4.02. The summed E-state index contributed by atoms with van der Waals surface area (Å²) in [5.74, 6) is -2.29. The number of unbranched alkanes of at least 4 members (excludes halogenated alkanes) is 46. The summed E-state index contributed by atoms with van der Waals surface area (Å²) >= 11 is 0. The highest BCUT2D eigenvalue weighted by Crippen LogP contribution is 2.20. The fourth-order valence-electron chi connectivity index (χ4n) is 12.9. The van der Waals surface area contributed by atoms with Gasteiger partial charge in [-0.05, 0) is 96.3 Å². The van der Waals surface area contributed by atoms with E-state index < -0.39 is 24.3 Å². The third kappa shape index (κ3) is 86.7. The van der Waals surface area contributed by atoms with Crippen molar-refractivity contribution in [2.75, 3.05) is 47.5 Å². The largest absolute Gasteiger partial charge is 0.545 e. The second kappa shape index (κ2) is 86.0. The van der Waals surface area contributed by atoms with Gasteiger partial charge in [-0.25, -0.2) is 0 Å². The molecule has 9 nitrogen and oxygen atoms in total. The van der Waals surface area contributed by atoms with Gasteiger partial charge < -0.3 is 33.3 Å². The van der Waals surface area contributed by atoms with Gasteiger partial charge in [0.1, 0.15) is 13.2 Å². The summed E-state index contributed by atoms with van der Waals surface area (Å²) in [6, 6.07) is 0. The molecular formula is C97H169NO8. The third-order valence-electron chi connectivity index (χ3n) is 19.7. The van der Waals surface area contributed by atoms with Crippen molar-refractivity contribution in [1.82, 2.24) is 0 Å². The predicted molar refractivity (Wildman–Crippen MR) is 458 cm³/mol. The number of likely N-dealkylation sites (N-methyl/N-ethyl adjacent to an activating group) is 1. The molecule has 2 unspecified atom stereocenters. The van der Waals surface area contributed by atoms with E-state index in [0.29, 0.717) is 17.4 Å². The van der Waals surface area contributed by atoms with E-state index in [-0.39, 0.29) is 38.6 Å². The summed E-state index contributed by atoms with van der Waals surface area (Å²) < 4.78 is 22.9. The van der Waals surface area contributed by atoms with Crippen LogP contribution in [0.25, 0.3) is 0 Å². The molecule has 0 spiro atoms. The number of quaternary nitrogens is 1. The summed E-state index contributed by atoms with van der Waals surface area (Å²) in [6.07, 6.45) is 122. The minimum Gasteiger partial charge on any atom is -0.545 e. The molecule has 0 heterocycles. The van der Waals surface area contributed by atoms with Crippen LogP contribution in [-0.4, -0.2) is 82.3 Å². The van der Waals surface area contributed by atoms with Crippen molar-refractivity contribution >= 4 is 17.9 Å². The van der Waals surface area contributed by atoms with Gasteiger partial charge in [0.25, 0.3) is 0 Å². The maximum atomic E-state index is 13.0. The molecule has 0 radical (unpaired) electrons. The van der Waals surface area contributed by atoms with E-state index in [4.69, 9.17) is 18.9 Å². The minimum absolute atomic E-state index is 0.141. The van der Waals surface area contributed by atoms with E-state index in [9.17, 15) is 19.5 Å². The number of aliphatic carboxylic acids is 1. The number of rotatable bonds is 83. The van der Waals surface area contributed by atoms with E-state index in [1.165, 1.54) is 257 Å². The Labute approximate surface area is 656 Å². The second-order valence-electron chi connectivity index (χ2n) is 31.2. The van der Waals surface area contributed by atoms with Gasteiger partial charge in [-0.1, -0.05) is 430 Å². The highest BCUT2D eigenvalue weighted by atomic mass is 16.7. The van der Waals surface area contributed by atoms with Crippen molar-refractivity contribution in [3.8, 4) is 0 Å². The minimum atomic E-state index is -1.63. The summed E-state index contributed by atoms with van der Waals surface area (Å²) in [7, 11) is 5.94. The van der Waals surface area contributed by atoms with E-state index in [2.05, 4.69) is 148 Å². The number of hydrogen-bond donors (Lipinski definition) is 0. The summed E-state index contributed by atoms with van der Waals surface area (Å²) in [5.41, 5.74) is 0. The molecule has 0 aromatic heterocycles. The first kappa shape index (κ1) is 101.